The van der Waals surface area contributed by atoms with Crippen molar-refractivity contribution in [3.63, 3.8) is 0 Å². The number of benzene rings is 1. The molecular formula is C16H24N2. The van der Waals surface area contributed by atoms with Gasteiger partial charge >= 0.3 is 0 Å². The van der Waals surface area contributed by atoms with Gasteiger partial charge in [-0.2, -0.15) is 0 Å². The number of hydrogen-bond acceptors (Lipinski definition) is 2. The first kappa shape index (κ1) is 12.2. The van der Waals surface area contributed by atoms with Crippen LogP contribution >= 0.6 is 0 Å². The van der Waals surface area contributed by atoms with Crippen LogP contribution in [0.1, 0.15) is 31.9 Å². The number of hydrogen-bond donors (Lipinski definition) is 1. The average Bonchev–Trinajstić information content (AvgIpc) is 3.09. The third-order valence-electron chi connectivity index (χ3n) is 4.65. The Morgan fingerprint density at radius 1 is 1.22 bits per heavy atom. The molecule has 4 unspecified atom stereocenters. The standard InChI is InChI=1S/C16H24N2/c1-12-8-15(12)10-18-11-16(17-9-13(18)2)14-6-4-3-5-7-14/h3-7,12-13,15-17H,8-11H2,1-2H3. The normalized spacial score (nSPS) is 36.6. The molecular weight excluding hydrogens is 220 g/mol. The van der Waals surface area contributed by atoms with Crippen LogP contribution in [0.25, 0.3) is 0 Å². The molecule has 1 saturated carbocycles. The minimum absolute atomic E-state index is 0.511. The van der Waals surface area contributed by atoms with Crippen LogP contribution in [0, 0.1) is 11.8 Å². The van der Waals surface area contributed by atoms with E-state index in [2.05, 4.69) is 54.4 Å². The largest absolute Gasteiger partial charge is 0.307 e. The molecule has 1 N–H and O–H groups in total. The van der Waals surface area contributed by atoms with Crippen molar-refractivity contribution in [2.45, 2.75) is 32.4 Å². The van der Waals surface area contributed by atoms with Crippen LogP contribution in [0.4, 0.5) is 0 Å². The van der Waals surface area contributed by atoms with Crippen LogP contribution in [0.15, 0.2) is 30.3 Å². The Kier molecular flexibility index (Phi) is 3.40. The van der Waals surface area contributed by atoms with E-state index in [1.54, 1.807) is 0 Å². The topological polar surface area (TPSA) is 15.3 Å². The van der Waals surface area contributed by atoms with Gasteiger partial charge in [0.05, 0.1) is 0 Å². The fourth-order valence-electron chi connectivity index (χ4n) is 3.04. The highest BCUT2D eigenvalue weighted by molar-refractivity contribution is 5.20. The highest BCUT2D eigenvalue weighted by Gasteiger charge is 2.36. The molecule has 18 heavy (non-hydrogen) atoms. The van der Waals surface area contributed by atoms with E-state index in [-0.39, 0.29) is 0 Å². The summed E-state index contributed by atoms with van der Waals surface area (Å²) in [5.41, 5.74) is 1.43. The lowest BCUT2D eigenvalue weighted by molar-refractivity contribution is 0.133. The number of nitrogens with zero attached hydrogens (tertiary/aromatic N) is 1. The second-order valence-electron chi connectivity index (χ2n) is 6.15. The lowest BCUT2D eigenvalue weighted by atomic mass is 10.0. The Bertz CT molecular complexity index is 389. The van der Waals surface area contributed by atoms with E-state index in [0.717, 1.165) is 24.9 Å². The van der Waals surface area contributed by atoms with E-state index in [4.69, 9.17) is 0 Å². The minimum Gasteiger partial charge on any atom is -0.307 e. The summed E-state index contributed by atoms with van der Waals surface area (Å²) in [4.78, 5) is 2.68. The summed E-state index contributed by atoms with van der Waals surface area (Å²) >= 11 is 0. The number of piperazine rings is 1. The molecule has 2 aliphatic rings. The molecule has 2 heteroatoms. The first-order valence-corrected chi connectivity index (χ1v) is 7.26. The van der Waals surface area contributed by atoms with E-state index in [9.17, 15) is 0 Å². The van der Waals surface area contributed by atoms with Gasteiger partial charge in [0.25, 0.3) is 0 Å². The molecule has 1 aliphatic carbocycles. The quantitative estimate of drug-likeness (QED) is 0.879. The maximum atomic E-state index is 3.68. The van der Waals surface area contributed by atoms with Gasteiger partial charge < -0.3 is 5.32 Å². The van der Waals surface area contributed by atoms with Gasteiger partial charge in [0, 0.05) is 31.7 Å². The van der Waals surface area contributed by atoms with Crippen molar-refractivity contribution in [2.75, 3.05) is 19.6 Å². The maximum Gasteiger partial charge on any atom is 0.0449 e. The van der Waals surface area contributed by atoms with Crippen molar-refractivity contribution in [2.24, 2.45) is 11.8 Å². The molecule has 0 aromatic heterocycles. The molecule has 4 atom stereocenters. The van der Waals surface area contributed by atoms with Crippen molar-refractivity contribution in [1.29, 1.82) is 0 Å². The Balaban J connectivity index is 1.64. The van der Waals surface area contributed by atoms with Gasteiger partial charge in [0.2, 0.25) is 0 Å². The second-order valence-corrected chi connectivity index (χ2v) is 6.15. The summed E-state index contributed by atoms with van der Waals surface area (Å²) in [6.45, 7) is 8.30. The molecule has 1 saturated heterocycles. The third-order valence-corrected chi connectivity index (χ3v) is 4.65. The molecule has 1 aromatic carbocycles. The van der Waals surface area contributed by atoms with Gasteiger partial charge in [-0.3, -0.25) is 4.90 Å². The smallest absolute Gasteiger partial charge is 0.0449 e. The van der Waals surface area contributed by atoms with E-state index < -0.39 is 0 Å². The zero-order valence-corrected chi connectivity index (χ0v) is 11.5. The lowest BCUT2D eigenvalue weighted by Crippen LogP contribution is -2.51. The van der Waals surface area contributed by atoms with Gasteiger partial charge in [-0.05, 0) is 30.7 Å². The summed E-state index contributed by atoms with van der Waals surface area (Å²) in [5.74, 6) is 1.92. The highest BCUT2D eigenvalue weighted by Crippen LogP contribution is 2.39. The van der Waals surface area contributed by atoms with Crippen molar-refractivity contribution in [1.82, 2.24) is 10.2 Å². The van der Waals surface area contributed by atoms with Crippen LogP contribution < -0.4 is 5.32 Å². The van der Waals surface area contributed by atoms with Crippen molar-refractivity contribution >= 4 is 0 Å². The molecule has 0 bridgehead atoms. The molecule has 2 fully saturated rings. The second kappa shape index (κ2) is 5.02. The van der Waals surface area contributed by atoms with E-state index >= 15 is 0 Å². The van der Waals surface area contributed by atoms with Crippen LogP contribution in [-0.4, -0.2) is 30.6 Å². The Morgan fingerprint density at radius 2 is 1.94 bits per heavy atom. The summed E-state index contributed by atoms with van der Waals surface area (Å²) in [6.07, 6.45) is 1.44. The SMILES string of the molecule is CC1CC1CN1CC(c2ccccc2)NCC1C. The Morgan fingerprint density at radius 3 is 2.61 bits per heavy atom. The molecule has 1 aromatic rings. The van der Waals surface area contributed by atoms with E-state index in [1.165, 1.54) is 18.5 Å². The average molecular weight is 244 g/mol. The summed E-state index contributed by atoms with van der Waals surface area (Å²) in [5, 5.41) is 3.68. The minimum atomic E-state index is 0.511. The predicted molar refractivity (Wildman–Crippen MR) is 75.5 cm³/mol. The van der Waals surface area contributed by atoms with Crippen LogP contribution in [0.5, 0.6) is 0 Å². The number of rotatable bonds is 3. The monoisotopic (exact) mass is 244 g/mol. The molecule has 1 heterocycles. The fraction of sp³-hybridized carbons (Fsp3) is 0.625. The first-order valence-electron chi connectivity index (χ1n) is 7.26. The molecule has 98 valence electrons. The summed E-state index contributed by atoms with van der Waals surface area (Å²) in [7, 11) is 0. The summed E-state index contributed by atoms with van der Waals surface area (Å²) < 4.78 is 0. The maximum absolute atomic E-state index is 3.68. The highest BCUT2D eigenvalue weighted by atomic mass is 15.2. The molecule has 0 radical (unpaired) electrons. The van der Waals surface area contributed by atoms with Gasteiger partial charge in [0.15, 0.2) is 0 Å². The van der Waals surface area contributed by atoms with Crippen molar-refractivity contribution < 1.29 is 0 Å². The van der Waals surface area contributed by atoms with Crippen LogP contribution in [0.2, 0.25) is 0 Å². The van der Waals surface area contributed by atoms with E-state index in [1.807, 2.05) is 0 Å². The van der Waals surface area contributed by atoms with E-state index in [0.29, 0.717) is 12.1 Å². The Hall–Kier alpha value is -0.860. The third kappa shape index (κ3) is 2.60. The molecule has 2 nitrogen and oxygen atoms in total. The first-order chi connectivity index (χ1) is 8.74. The van der Waals surface area contributed by atoms with Gasteiger partial charge in [0.1, 0.15) is 0 Å². The van der Waals surface area contributed by atoms with Gasteiger partial charge in [-0.1, -0.05) is 37.3 Å². The summed E-state index contributed by atoms with van der Waals surface area (Å²) in [6, 6.07) is 12.1. The lowest BCUT2D eigenvalue weighted by Gasteiger charge is -2.39. The van der Waals surface area contributed by atoms with Gasteiger partial charge in [-0.25, -0.2) is 0 Å². The zero-order valence-electron chi connectivity index (χ0n) is 11.5. The molecule has 0 spiro atoms. The van der Waals surface area contributed by atoms with Crippen molar-refractivity contribution in [3.8, 4) is 0 Å². The Labute approximate surface area is 110 Å². The van der Waals surface area contributed by atoms with Crippen LogP contribution in [-0.2, 0) is 0 Å². The predicted octanol–water partition coefficient (Wildman–Crippen LogP) is 2.68. The van der Waals surface area contributed by atoms with Crippen molar-refractivity contribution in [3.05, 3.63) is 35.9 Å². The number of nitrogens with one attached hydrogen (secondary N) is 1. The van der Waals surface area contributed by atoms with Gasteiger partial charge in [-0.15, -0.1) is 0 Å². The molecule has 1 aliphatic heterocycles. The zero-order chi connectivity index (χ0) is 12.5. The molecule has 0 amide bonds. The fourth-order valence-corrected chi connectivity index (χ4v) is 3.04. The van der Waals surface area contributed by atoms with Crippen LogP contribution in [0.3, 0.4) is 0 Å². The molecule has 3 rings (SSSR count).